The second kappa shape index (κ2) is 13.4. The van der Waals surface area contributed by atoms with Crippen LogP contribution < -0.4 is 0 Å². The first-order valence-corrected chi connectivity index (χ1v) is 13.5. The molecule has 0 aromatic heterocycles. The van der Waals surface area contributed by atoms with Gasteiger partial charge >= 0.3 is 12.1 Å². The fourth-order valence-corrected chi connectivity index (χ4v) is 5.58. The SMILES string of the molecule is COC(=O)CCN1CCN(C2CN(C)C(=O)O2)C(CCCCN2CCN(Cc3ccccc3)CC2)C1. The zero-order chi connectivity index (χ0) is 25.3. The third kappa shape index (κ3) is 7.65. The minimum absolute atomic E-state index is 0.163. The average molecular weight is 502 g/mol. The molecule has 1 aromatic rings. The predicted molar refractivity (Wildman–Crippen MR) is 138 cm³/mol. The molecule has 3 fully saturated rings. The van der Waals surface area contributed by atoms with E-state index in [9.17, 15) is 9.59 Å². The molecule has 0 N–H and O–H groups in total. The van der Waals surface area contributed by atoms with Gasteiger partial charge in [0.25, 0.3) is 0 Å². The lowest BCUT2D eigenvalue weighted by Gasteiger charge is -2.43. The molecule has 3 aliphatic heterocycles. The van der Waals surface area contributed by atoms with Crippen molar-refractivity contribution in [1.29, 1.82) is 0 Å². The summed E-state index contributed by atoms with van der Waals surface area (Å²) in [5.41, 5.74) is 1.39. The number of nitrogens with zero attached hydrogens (tertiary/aromatic N) is 5. The van der Waals surface area contributed by atoms with E-state index < -0.39 is 0 Å². The lowest BCUT2D eigenvalue weighted by atomic mass is 10.0. The zero-order valence-corrected chi connectivity index (χ0v) is 22.0. The molecule has 3 heterocycles. The van der Waals surface area contributed by atoms with Gasteiger partial charge in [0.2, 0.25) is 0 Å². The van der Waals surface area contributed by atoms with Crippen LogP contribution in [0.2, 0.25) is 0 Å². The van der Waals surface area contributed by atoms with Gasteiger partial charge in [0.05, 0.1) is 20.1 Å². The molecule has 4 rings (SSSR count). The molecule has 0 radical (unpaired) electrons. The minimum atomic E-state index is -0.238. The van der Waals surface area contributed by atoms with E-state index in [1.54, 1.807) is 11.9 Å². The van der Waals surface area contributed by atoms with Gasteiger partial charge in [-0.1, -0.05) is 36.8 Å². The molecule has 0 bridgehead atoms. The van der Waals surface area contributed by atoms with Crippen LogP contribution in [-0.4, -0.2) is 128 Å². The first-order valence-electron chi connectivity index (χ1n) is 13.5. The summed E-state index contributed by atoms with van der Waals surface area (Å²) < 4.78 is 10.5. The maximum absolute atomic E-state index is 12.0. The number of carbonyl (C=O) groups is 2. The maximum atomic E-state index is 12.0. The van der Waals surface area contributed by atoms with Crippen LogP contribution in [0.5, 0.6) is 0 Å². The largest absolute Gasteiger partial charge is 0.469 e. The number of likely N-dealkylation sites (N-methyl/N-ethyl adjacent to an activating group) is 1. The fraction of sp³-hybridized carbons (Fsp3) is 0.704. The number of cyclic esters (lactones) is 1. The highest BCUT2D eigenvalue weighted by atomic mass is 16.6. The maximum Gasteiger partial charge on any atom is 0.411 e. The molecule has 3 aliphatic rings. The number of unbranched alkanes of at least 4 members (excludes halogenated alkanes) is 1. The fourth-order valence-electron chi connectivity index (χ4n) is 5.58. The van der Waals surface area contributed by atoms with Crippen LogP contribution >= 0.6 is 0 Å². The Morgan fingerprint density at radius 3 is 2.36 bits per heavy atom. The van der Waals surface area contributed by atoms with Crippen LogP contribution in [0, 0.1) is 0 Å². The number of piperazine rings is 2. The van der Waals surface area contributed by atoms with Gasteiger partial charge in [-0.05, 0) is 24.9 Å². The van der Waals surface area contributed by atoms with Gasteiger partial charge in [-0.3, -0.25) is 19.5 Å². The molecule has 3 saturated heterocycles. The Labute approximate surface area is 215 Å². The van der Waals surface area contributed by atoms with E-state index in [2.05, 4.69) is 49.9 Å². The molecule has 200 valence electrons. The van der Waals surface area contributed by atoms with Crippen molar-refractivity contribution in [3.8, 4) is 0 Å². The molecule has 2 unspecified atom stereocenters. The number of hydrogen-bond acceptors (Lipinski definition) is 8. The molecule has 0 aliphatic carbocycles. The number of benzene rings is 1. The highest BCUT2D eigenvalue weighted by Gasteiger charge is 2.39. The van der Waals surface area contributed by atoms with E-state index in [0.717, 1.165) is 71.7 Å². The summed E-state index contributed by atoms with van der Waals surface area (Å²) in [5, 5.41) is 0. The van der Waals surface area contributed by atoms with E-state index in [1.165, 1.54) is 19.1 Å². The number of carbonyl (C=O) groups excluding carboxylic acids is 2. The van der Waals surface area contributed by atoms with Gasteiger partial charge in [-0.25, -0.2) is 4.79 Å². The van der Waals surface area contributed by atoms with E-state index in [-0.39, 0.29) is 18.3 Å². The second-order valence-electron chi connectivity index (χ2n) is 10.3. The Kier molecular flexibility index (Phi) is 9.98. The second-order valence-corrected chi connectivity index (χ2v) is 10.3. The molecule has 0 saturated carbocycles. The molecular weight excluding hydrogens is 458 g/mol. The van der Waals surface area contributed by atoms with Crippen molar-refractivity contribution in [2.45, 2.75) is 44.5 Å². The quantitative estimate of drug-likeness (QED) is 0.337. The summed E-state index contributed by atoms with van der Waals surface area (Å²) in [6.07, 6.45) is 3.40. The Morgan fingerprint density at radius 1 is 0.944 bits per heavy atom. The number of ether oxygens (including phenoxy) is 2. The smallest absolute Gasteiger partial charge is 0.411 e. The van der Waals surface area contributed by atoms with Gasteiger partial charge in [-0.15, -0.1) is 0 Å². The highest BCUT2D eigenvalue weighted by Crippen LogP contribution is 2.23. The lowest BCUT2D eigenvalue weighted by Crippen LogP contribution is -2.57. The molecule has 1 amide bonds. The normalized spacial score (nSPS) is 24.7. The number of amides is 1. The standard InChI is InChI=1S/C27H43N5O4/c1-28-22-25(36-27(28)34)32-19-18-30(13-11-26(33)35-2)21-24(32)10-6-7-12-29-14-16-31(17-15-29)20-23-8-4-3-5-9-23/h3-5,8-9,24-25H,6-7,10-22H2,1-2H3. The predicted octanol–water partition coefficient (Wildman–Crippen LogP) is 1.93. The van der Waals surface area contributed by atoms with Crippen molar-refractivity contribution in [1.82, 2.24) is 24.5 Å². The number of rotatable bonds is 11. The lowest BCUT2D eigenvalue weighted by molar-refractivity contribution is -0.141. The first kappa shape index (κ1) is 26.9. The summed E-state index contributed by atoms with van der Waals surface area (Å²) in [6.45, 7) is 10.6. The average Bonchev–Trinajstić information content (AvgIpc) is 3.24. The Morgan fingerprint density at radius 2 is 1.67 bits per heavy atom. The van der Waals surface area contributed by atoms with E-state index in [4.69, 9.17) is 9.47 Å². The van der Waals surface area contributed by atoms with Crippen LogP contribution in [0.3, 0.4) is 0 Å². The monoisotopic (exact) mass is 501 g/mol. The Bertz CT molecular complexity index is 833. The summed E-state index contributed by atoms with van der Waals surface area (Å²) in [7, 11) is 3.24. The van der Waals surface area contributed by atoms with Crippen molar-refractivity contribution < 1.29 is 19.1 Å². The van der Waals surface area contributed by atoms with E-state index in [0.29, 0.717) is 25.6 Å². The molecular formula is C27H43N5O4. The van der Waals surface area contributed by atoms with Crippen LogP contribution in [0.4, 0.5) is 4.79 Å². The van der Waals surface area contributed by atoms with E-state index >= 15 is 0 Å². The third-order valence-corrected chi connectivity index (χ3v) is 7.80. The van der Waals surface area contributed by atoms with Crippen molar-refractivity contribution in [2.75, 3.05) is 79.6 Å². The molecule has 2 atom stereocenters. The highest BCUT2D eigenvalue weighted by molar-refractivity contribution is 5.69. The topological polar surface area (TPSA) is 68.8 Å². The van der Waals surface area contributed by atoms with Crippen molar-refractivity contribution in [3.05, 3.63) is 35.9 Å². The Balaban J connectivity index is 1.20. The molecule has 9 nitrogen and oxygen atoms in total. The van der Waals surface area contributed by atoms with Crippen LogP contribution in [0.15, 0.2) is 30.3 Å². The zero-order valence-electron chi connectivity index (χ0n) is 22.0. The van der Waals surface area contributed by atoms with Gasteiger partial charge < -0.3 is 19.3 Å². The summed E-state index contributed by atoms with van der Waals surface area (Å²) >= 11 is 0. The van der Waals surface area contributed by atoms with Crippen molar-refractivity contribution in [2.24, 2.45) is 0 Å². The van der Waals surface area contributed by atoms with Crippen LogP contribution in [0.25, 0.3) is 0 Å². The summed E-state index contributed by atoms with van der Waals surface area (Å²) in [5.74, 6) is -0.163. The van der Waals surface area contributed by atoms with E-state index in [1.807, 2.05) is 0 Å². The van der Waals surface area contributed by atoms with Crippen LogP contribution in [-0.2, 0) is 20.8 Å². The molecule has 1 aromatic carbocycles. The van der Waals surface area contributed by atoms with Gasteiger partial charge in [0, 0.05) is 72.0 Å². The minimum Gasteiger partial charge on any atom is -0.469 e. The van der Waals surface area contributed by atoms with Crippen LogP contribution in [0.1, 0.15) is 31.2 Å². The number of esters is 1. The number of methoxy groups -OCH3 is 1. The summed E-state index contributed by atoms with van der Waals surface area (Å²) in [4.78, 5) is 35.1. The van der Waals surface area contributed by atoms with Crippen molar-refractivity contribution in [3.63, 3.8) is 0 Å². The van der Waals surface area contributed by atoms with Gasteiger partial charge in [-0.2, -0.15) is 0 Å². The summed E-state index contributed by atoms with van der Waals surface area (Å²) in [6, 6.07) is 11.1. The van der Waals surface area contributed by atoms with Crippen molar-refractivity contribution >= 4 is 12.1 Å². The van der Waals surface area contributed by atoms with Gasteiger partial charge in [0.15, 0.2) is 6.23 Å². The first-order chi connectivity index (χ1) is 17.5. The number of hydrogen-bond donors (Lipinski definition) is 0. The Hall–Kier alpha value is -2.20. The third-order valence-electron chi connectivity index (χ3n) is 7.80. The molecule has 9 heteroatoms. The van der Waals surface area contributed by atoms with Gasteiger partial charge in [0.1, 0.15) is 0 Å². The molecule has 36 heavy (non-hydrogen) atoms. The molecule has 0 spiro atoms.